The van der Waals surface area contributed by atoms with Crippen LogP contribution in [0.1, 0.15) is 18.4 Å². The molecule has 0 radical (unpaired) electrons. The predicted molar refractivity (Wildman–Crippen MR) is 55.9 cm³/mol. The highest BCUT2D eigenvalue weighted by Gasteiger charge is 1.91. The lowest BCUT2D eigenvalue weighted by molar-refractivity contribution is 0.316. The third-order valence-electron chi connectivity index (χ3n) is 1.87. The number of hydrogen-bond acceptors (Lipinski definition) is 2. The van der Waals surface area contributed by atoms with Crippen LogP contribution in [0.15, 0.2) is 30.3 Å². The summed E-state index contributed by atoms with van der Waals surface area (Å²) in [5, 5.41) is 0. The van der Waals surface area contributed by atoms with Crippen molar-refractivity contribution < 1.29 is 9.42 Å². The molecule has 0 aliphatic rings. The summed E-state index contributed by atoms with van der Waals surface area (Å²) < 4.78 is 4.85. The van der Waals surface area contributed by atoms with Gasteiger partial charge in [-0.15, -0.1) is 0 Å². The Labute approximate surface area is 80.9 Å². The van der Waals surface area contributed by atoms with E-state index in [4.69, 9.17) is 9.42 Å². The predicted octanol–water partition coefficient (Wildman–Crippen LogP) is 2.53. The first-order valence-electron chi connectivity index (χ1n) is 4.48. The Morgan fingerprint density at radius 2 is 1.92 bits per heavy atom. The molecule has 0 fully saturated rings. The third kappa shape index (κ3) is 4.99. The largest absolute Gasteiger partial charge is 0.352 e. The highest BCUT2D eigenvalue weighted by atomic mass is 31.1. The molecule has 0 aliphatic carbocycles. The van der Waals surface area contributed by atoms with E-state index in [9.17, 15) is 0 Å². The average molecular weight is 198 g/mol. The fraction of sp³-hybridized carbons (Fsp3) is 0.400. The van der Waals surface area contributed by atoms with Gasteiger partial charge >= 0.3 is 0 Å². The molecule has 1 atom stereocenters. The van der Waals surface area contributed by atoms with Crippen molar-refractivity contribution >= 4 is 9.03 Å². The molecule has 1 aromatic rings. The Hall–Kier alpha value is -0.430. The van der Waals surface area contributed by atoms with Crippen LogP contribution in [-0.2, 0) is 10.9 Å². The van der Waals surface area contributed by atoms with E-state index in [1.54, 1.807) is 0 Å². The zero-order chi connectivity index (χ0) is 9.36. The van der Waals surface area contributed by atoms with Crippen molar-refractivity contribution in [2.75, 3.05) is 6.61 Å². The summed E-state index contributed by atoms with van der Waals surface area (Å²) >= 11 is 0. The maximum absolute atomic E-state index is 8.39. The molecule has 0 spiro atoms. The van der Waals surface area contributed by atoms with Gasteiger partial charge in [0, 0.05) is 0 Å². The molecule has 2 nitrogen and oxygen atoms in total. The van der Waals surface area contributed by atoms with E-state index >= 15 is 0 Å². The molecule has 0 saturated heterocycles. The second kappa shape index (κ2) is 7.02. The number of rotatable bonds is 6. The van der Waals surface area contributed by atoms with E-state index < -0.39 is 0 Å². The molecule has 0 saturated carbocycles. The first kappa shape index (κ1) is 10.6. The summed E-state index contributed by atoms with van der Waals surface area (Å²) in [6.07, 6.45) is 3.23. The topological polar surface area (TPSA) is 29.5 Å². The summed E-state index contributed by atoms with van der Waals surface area (Å²) in [6.45, 7) is 0.668. The summed E-state index contributed by atoms with van der Waals surface area (Å²) in [6, 6.07) is 10.4. The molecule has 13 heavy (non-hydrogen) atoms. The molecular formula is C10H15O2P. The molecule has 0 aromatic heterocycles. The molecule has 72 valence electrons. The van der Waals surface area contributed by atoms with Crippen molar-refractivity contribution in [3.05, 3.63) is 35.9 Å². The third-order valence-corrected chi connectivity index (χ3v) is 2.20. The molecule has 1 aromatic carbocycles. The van der Waals surface area contributed by atoms with Gasteiger partial charge in [0.15, 0.2) is 9.03 Å². The van der Waals surface area contributed by atoms with Gasteiger partial charge in [0.2, 0.25) is 0 Å². The SMILES string of the molecule is OPOCCCCc1ccccc1. The molecule has 1 N–H and O–H groups in total. The van der Waals surface area contributed by atoms with E-state index in [0.717, 1.165) is 19.3 Å². The van der Waals surface area contributed by atoms with Gasteiger partial charge < -0.3 is 9.42 Å². The normalized spacial score (nSPS) is 11.2. The molecule has 0 amide bonds. The van der Waals surface area contributed by atoms with Gasteiger partial charge in [-0.2, -0.15) is 0 Å². The Morgan fingerprint density at radius 3 is 2.62 bits per heavy atom. The molecule has 0 bridgehead atoms. The Bertz CT molecular complexity index is 213. The highest BCUT2D eigenvalue weighted by Crippen LogP contribution is 2.08. The van der Waals surface area contributed by atoms with Crippen LogP contribution in [-0.4, -0.2) is 11.5 Å². The van der Waals surface area contributed by atoms with Crippen molar-refractivity contribution in [2.24, 2.45) is 0 Å². The summed E-state index contributed by atoms with van der Waals surface area (Å²) in [5.74, 6) is 0. The lowest BCUT2D eigenvalue weighted by Gasteiger charge is -2.00. The van der Waals surface area contributed by atoms with Crippen LogP contribution in [0.3, 0.4) is 0 Å². The minimum Gasteiger partial charge on any atom is -0.352 e. The van der Waals surface area contributed by atoms with Gasteiger partial charge in [-0.1, -0.05) is 30.3 Å². The minimum absolute atomic E-state index is 0.364. The van der Waals surface area contributed by atoms with Crippen molar-refractivity contribution in [2.45, 2.75) is 19.3 Å². The Morgan fingerprint density at radius 1 is 1.15 bits per heavy atom. The van der Waals surface area contributed by atoms with Crippen LogP contribution in [0.25, 0.3) is 0 Å². The number of hydrogen-bond donors (Lipinski definition) is 1. The molecule has 1 rings (SSSR count). The molecule has 1 unspecified atom stereocenters. The fourth-order valence-electron chi connectivity index (χ4n) is 1.19. The zero-order valence-electron chi connectivity index (χ0n) is 7.57. The number of benzene rings is 1. The van der Waals surface area contributed by atoms with Gasteiger partial charge in [-0.05, 0) is 24.8 Å². The van der Waals surface area contributed by atoms with Gasteiger partial charge in [0.25, 0.3) is 0 Å². The highest BCUT2D eigenvalue weighted by molar-refractivity contribution is 7.24. The first-order chi connectivity index (χ1) is 6.43. The average Bonchev–Trinajstić information content (AvgIpc) is 2.19. The van der Waals surface area contributed by atoms with Crippen LogP contribution in [0.4, 0.5) is 0 Å². The minimum atomic E-state index is -0.364. The second-order valence-electron chi connectivity index (χ2n) is 2.88. The maximum atomic E-state index is 8.39. The smallest absolute Gasteiger partial charge is 0.152 e. The summed E-state index contributed by atoms with van der Waals surface area (Å²) in [4.78, 5) is 8.39. The van der Waals surface area contributed by atoms with Crippen LogP contribution in [0.2, 0.25) is 0 Å². The van der Waals surface area contributed by atoms with Crippen molar-refractivity contribution in [1.82, 2.24) is 0 Å². The molecule has 0 heterocycles. The van der Waals surface area contributed by atoms with Crippen molar-refractivity contribution in [1.29, 1.82) is 0 Å². The van der Waals surface area contributed by atoms with Crippen LogP contribution in [0, 0.1) is 0 Å². The van der Waals surface area contributed by atoms with E-state index in [-0.39, 0.29) is 9.03 Å². The zero-order valence-corrected chi connectivity index (χ0v) is 8.57. The summed E-state index contributed by atoms with van der Waals surface area (Å²) in [7, 11) is -0.364. The van der Waals surface area contributed by atoms with Crippen LogP contribution in [0.5, 0.6) is 0 Å². The maximum Gasteiger partial charge on any atom is 0.152 e. The number of aryl methyl sites for hydroxylation is 1. The fourth-order valence-corrected chi connectivity index (χ4v) is 1.43. The summed E-state index contributed by atoms with van der Waals surface area (Å²) in [5.41, 5.74) is 1.37. The van der Waals surface area contributed by atoms with Crippen molar-refractivity contribution in [3.8, 4) is 0 Å². The van der Waals surface area contributed by atoms with E-state index in [2.05, 4.69) is 24.3 Å². The quantitative estimate of drug-likeness (QED) is 0.562. The van der Waals surface area contributed by atoms with Crippen LogP contribution < -0.4 is 0 Å². The first-order valence-corrected chi connectivity index (χ1v) is 5.34. The van der Waals surface area contributed by atoms with Gasteiger partial charge in [0.05, 0.1) is 6.61 Å². The number of unbranched alkanes of at least 4 members (excludes halogenated alkanes) is 1. The molecular weight excluding hydrogens is 183 g/mol. The monoisotopic (exact) mass is 198 g/mol. The van der Waals surface area contributed by atoms with E-state index in [1.165, 1.54) is 5.56 Å². The van der Waals surface area contributed by atoms with Gasteiger partial charge in [-0.25, -0.2) is 0 Å². The van der Waals surface area contributed by atoms with Crippen molar-refractivity contribution in [3.63, 3.8) is 0 Å². The van der Waals surface area contributed by atoms with Crippen LogP contribution >= 0.6 is 9.03 Å². The van der Waals surface area contributed by atoms with Gasteiger partial charge in [-0.3, -0.25) is 0 Å². The second-order valence-corrected chi connectivity index (χ2v) is 3.35. The van der Waals surface area contributed by atoms with E-state index in [1.807, 2.05) is 6.07 Å². The standard InChI is InChI=1S/C10H15O2P/c11-13-12-9-5-4-8-10-6-2-1-3-7-10/h1-3,6-7,11,13H,4-5,8-9H2. The lowest BCUT2D eigenvalue weighted by atomic mass is 10.1. The molecule has 0 aliphatic heterocycles. The Kier molecular flexibility index (Phi) is 5.75. The lowest BCUT2D eigenvalue weighted by Crippen LogP contribution is -1.89. The molecule has 3 heteroatoms. The Balaban J connectivity index is 2.07. The van der Waals surface area contributed by atoms with E-state index in [0.29, 0.717) is 6.61 Å². The van der Waals surface area contributed by atoms with Gasteiger partial charge in [0.1, 0.15) is 0 Å².